The van der Waals surface area contributed by atoms with Crippen molar-refractivity contribution < 1.29 is 14.0 Å². The van der Waals surface area contributed by atoms with Gasteiger partial charge in [0.25, 0.3) is 0 Å². The highest BCUT2D eigenvalue weighted by Crippen LogP contribution is 2.23. The maximum atomic E-state index is 13.2. The highest BCUT2D eigenvalue weighted by molar-refractivity contribution is 7.10. The average Bonchev–Trinajstić information content (AvgIpc) is 3.16. The van der Waals surface area contributed by atoms with Crippen molar-refractivity contribution in [2.45, 2.75) is 13.0 Å². The fourth-order valence-corrected chi connectivity index (χ4v) is 4.75. The minimum atomic E-state index is -0.376. The molecule has 1 aromatic carbocycles. The van der Waals surface area contributed by atoms with Gasteiger partial charge in [0.15, 0.2) is 0 Å². The smallest absolute Gasteiger partial charge is 0.238 e. The van der Waals surface area contributed by atoms with E-state index in [9.17, 15) is 14.0 Å². The third-order valence-corrected chi connectivity index (χ3v) is 6.47. The van der Waals surface area contributed by atoms with E-state index in [1.165, 1.54) is 22.6 Å². The number of nitrogens with zero attached hydrogens (tertiary/aromatic N) is 3. The summed E-state index contributed by atoms with van der Waals surface area (Å²) in [5.74, 6) is -0.387. The Morgan fingerprint density at radius 1 is 1.03 bits per heavy atom. The summed E-state index contributed by atoms with van der Waals surface area (Å²) < 4.78 is 13.2. The number of piperazine rings is 1. The molecule has 29 heavy (non-hydrogen) atoms. The van der Waals surface area contributed by atoms with Gasteiger partial charge in [0.1, 0.15) is 5.82 Å². The van der Waals surface area contributed by atoms with Gasteiger partial charge in [-0.3, -0.25) is 19.4 Å². The van der Waals surface area contributed by atoms with Crippen LogP contribution in [0.2, 0.25) is 0 Å². The number of thiophene rings is 1. The molecule has 0 atom stereocenters. The maximum absolute atomic E-state index is 13.2. The molecule has 3 heterocycles. The number of amides is 2. The molecule has 154 valence electrons. The number of nitrogens with one attached hydrogen (secondary N) is 1. The Labute approximate surface area is 173 Å². The van der Waals surface area contributed by atoms with Crippen LogP contribution in [0.15, 0.2) is 35.7 Å². The largest absolute Gasteiger partial charge is 0.339 e. The summed E-state index contributed by atoms with van der Waals surface area (Å²) in [5, 5.41) is 4.84. The van der Waals surface area contributed by atoms with Gasteiger partial charge in [-0.1, -0.05) is 6.07 Å². The van der Waals surface area contributed by atoms with E-state index in [-0.39, 0.29) is 24.2 Å². The minimum absolute atomic E-state index is 0.160. The number of fused-ring (bicyclic) bond motifs is 1. The van der Waals surface area contributed by atoms with E-state index in [0.717, 1.165) is 19.5 Å². The van der Waals surface area contributed by atoms with Gasteiger partial charge in [0, 0.05) is 49.8 Å². The van der Waals surface area contributed by atoms with Crippen LogP contribution in [0.4, 0.5) is 10.1 Å². The molecule has 0 unspecified atom stereocenters. The third-order valence-electron chi connectivity index (χ3n) is 5.45. The zero-order valence-electron chi connectivity index (χ0n) is 16.3. The second kappa shape index (κ2) is 9.02. The first kappa shape index (κ1) is 20.0. The normalized spacial score (nSPS) is 17.8. The summed E-state index contributed by atoms with van der Waals surface area (Å²) in [6.45, 7) is 5.06. The van der Waals surface area contributed by atoms with Crippen LogP contribution in [-0.4, -0.2) is 72.3 Å². The lowest BCUT2D eigenvalue weighted by molar-refractivity contribution is -0.134. The number of anilines is 1. The zero-order valence-corrected chi connectivity index (χ0v) is 17.1. The number of hydrogen-bond acceptors (Lipinski definition) is 5. The number of rotatable bonds is 5. The molecular weight excluding hydrogens is 391 g/mol. The molecule has 0 bridgehead atoms. The quantitative estimate of drug-likeness (QED) is 0.811. The summed E-state index contributed by atoms with van der Waals surface area (Å²) in [6, 6.07) is 8.03. The molecule has 2 aliphatic heterocycles. The molecule has 2 amide bonds. The zero-order chi connectivity index (χ0) is 20.2. The van der Waals surface area contributed by atoms with Crippen molar-refractivity contribution in [1.29, 1.82) is 0 Å². The fraction of sp³-hybridized carbons (Fsp3) is 0.429. The molecule has 0 radical (unpaired) electrons. The van der Waals surface area contributed by atoms with Gasteiger partial charge >= 0.3 is 0 Å². The first-order chi connectivity index (χ1) is 14.1. The van der Waals surface area contributed by atoms with E-state index >= 15 is 0 Å². The van der Waals surface area contributed by atoms with Crippen molar-refractivity contribution in [3.05, 3.63) is 52.0 Å². The second-order valence-electron chi connectivity index (χ2n) is 7.55. The van der Waals surface area contributed by atoms with E-state index < -0.39 is 0 Å². The topological polar surface area (TPSA) is 55.9 Å². The Morgan fingerprint density at radius 3 is 2.66 bits per heavy atom. The van der Waals surface area contributed by atoms with Crippen molar-refractivity contribution in [3.8, 4) is 0 Å². The van der Waals surface area contributed by atoms with Crippen molar-refractivity contribution in [3.63, 3.8) is 0 Å². The van der Waals surface area contributed by atoms with Crippen LogP contribution in [0.5, 0.6) is 0 Å². The summed E-state index contributed by atoms with van der Waals surface area (Å²) in [4.78, 5) is 32.4. The number of carbonyl (C=O) groups excluding carboxylic acids is 2. The summed E-state index contributed by atoms with van der Waals surface area (Å²) in [7, 11) is 0. The molecule has 1 aromatic heterocycles. The molecular formula is C21H25FN4O2S. The second-order valence-corrected chi connectivity index (χ2v) is 8.55. The van der Waals surface area contributed by atoms with Crippen LogP contribution in [-0.2, 0) is 22.6 Å². The molecule has 2 aliphatic rings. The van der Waals surface area contributed by atoms with Crippen LogP contribution >= 0.6 is 11.3 Å². The Kier molecular flexibility index (Phi) is 6.22. The average molecular weight is 417 g/mol. The van der Waals surface area contributed by atoms with Gasteiger partial charge in [0.05, 0.1) is 13.1 Å². The van der Waals surface area contributed by atoms with Crippen molar-refractivity contribution in [2.24, 2.45) is 0 Å². The third kappa shape index (κ3) is 5.20. The lowest BCUT2D eigenvalue weighted by Gasteiger charge is -2.36. The molecule has 1 fully saturated rings. The predicted octanol–water partition coefficient (Wildman–Crippen LogP) is 2.03. The molecule has 1 N–H and O–H groups in total. The Hall–Kier alpha value is -2.29. The van der Waals surface area contributed by atoms with Gasteiger partial charge in [-0.15, -0.1) is 11.3 Å². The summed E-state index contributed by atoms with van der Waals surface area (Å²) >= 11 is 1.80. The lowest BCUT2D eigenvalue weighted by Crippen LogP contribution is -2.52. The van der Waals surface area contributed by atoms with Crippen molar-refractivity contribution in [2.75, 3.05) is 51.1 Å². The predicted molar refractivity (Wildman–Crippen MR) is 111 cm³/mol. The van der Waals surface area contributed by atoms with E-state index in [0.29, 0.717) is 38.4 Å². The Bertz CT molecular complexity index is 879. The van der Waals surface area contributed by atoms with Crippen LogP contribution in [0.1, 0.15) is 10.4 Å². The SMILES string of the molecule is O=C(CN1CCN(C(=O)CN2CCc3sccc3C2)CC1)Nc1cccc(F)c1. The maximum Gasteiger partial charge on any atom is 0.238 e. The standard InChI is InChI=1S/C21H25FN4O2S/c22-17-2-1-3-18(12-17)23-20(27)14-24-7-9-26(10-8-24)21(28)15-25-6-4-19-16(13-25)5-11-29-19/h1-3,5,11-12H,4,6-10,13-15H2,(H,23,27). The van der Waals surface area contributed by atoms with E-state index in [1.807, 2.05) is 9.80 Å². The Balaban J connectivity index is 1.20. The van der Waals surface area contributed by atoms with Crippen LogP contribution in [0, 0.1) is 5.82 Å². The van der Waals surface area contributed by atoms with Crippen molar-refractivity contribution in [1.82, 2.24) is 14.7 Å². The molecule has 4 rings (SSSR count). The molecule has 2 aromatic rings. The van der Waals surface area contributed by atoms with E-state index in [4.69, 9.17) is 0 Å². The lowest BCUT2D eigenvalue weighted by atomic mass is 10.1. The van der Waals surface area contributed by atoms with Crippen LogP contribution in [0.3, 0.4) is 0 Å². The van der Waals surface area contributed by atoms with Gasteiger partial charge < -0.3 is 10.2 Å². The minimum Gasteiger partial charge on any atom is -0.339 e. The number of benzene rings is 1. The number of hydrogen-bond donors (Lipinski definition) is 1. The van der Waals surface area contributed by atoms with Crippen molar-refractivity contribution >= 4 is 28.8 Å². The van der Waals surface area contributed by atoms with Gasteiger partial charge in [-0.05, 0) is 41.6 Å². The molecule has 0 aliphatic carbocycles. The molecule has 0 saturated carbocycles. The first-order valence-electron chi connectivity index (χ1n) is 9.90. The van der Waals surface area contributed by atoms with Gasteiger partial charge in [0.2, 0.25) is 11.8 Å². The molecule has 6 nitrogen and oxygen atoms in total. The van der Waals surface area contributed by atoms with Crippen LogP contribution in [0.25, 0.3) is 0 Å². The van der Waals surface area contributed by atoms with Gasteiger partial charge in [-0.2, -0.15) is 0 Å². The van der Waals surface area contributed by atoms with Gasteiger partial charge in [-0.25, -0.2) is 4.39 Å². The highest BCUT2D eigenvalue weighted by Gasteiger charge is 2.25. The Morgan fingerprint density at radius 2 is 1.86 bits per heavy atom. The fourth-order valence-electron chi connectivity index (χ4n) is 3.86. The van der Waals surface area contributed by atoms with E-state index in [2.05, 4.69) is 21.7 Å². The molecule has 0 spiro atoms. The monoisotopic (exact) mass is 416 g/mol. The van der Waals surface area contributed by atoms with E-state index in [1.54, 1.807) is 23.5 Å². The first-order valence-corrected chi connectivity index (χ1v) is 10.8. The van der Waals surface area contributed by atoms with Crippen LogP contribution < -0.4 is 5.32 Å². The number of halogens is 1. The highest BCUT2D eigenvalue weighted by atomic mass is 32.1. The molecule has 8 heteroatoms. The number of carbonyl (C=O) groups is 2. The molecule has 1 saturated heterocycles. The summed E-state index contributed by atoms with van der Waals surface area (Å²) in [5.41, 5.74) is 1.81. The summed E-state index contributed by atoms with van der Waals surface area (Å²) in [6.07, 6.45) is 1.02.